The number of nitrogens with zero attached hydrogens (tertiary/aromatic N) is 1. The number of hydrogen-bond acceptors (Lipinski definition) is 2. The minimum absolute atomic E-state index is 0.198. The van der Waals surface area contributed by atoms with Gasteiger partial charge in [0.2, 0.25) is 0 Å². The van der Waals surface area contributed by atoms with Gasteiger partial charge in [0.15, 0.2) is 0 Å². The molecule has 16 heavy (non-hydrogen) atoms. The smallest absolute Gasteiger partial charge is 0.0453 e. The molecule has 0 amide bonds. The van der Waals surface area contributed by atoms with E-state index in [-0.39, 0.29) is 6.04 Å². The van der Waals surface area contributed by atoms with Crippen molar-refractivity contribution in [1.82, 2.24) is 4.90 Å². The van der Waals surface area contributed by atoms with Crippen LogP contribution < -0.4 is 5.73 Å². The summed E-state index contributed by atoms with van der Waals surface area (Å²) < 4.78 is 0. The molecule has 4 rings (SSSR count). The molecule has 1 aromatic carbocycles. The van der Waals surface area contributed by atoms with Gasteiger partial charge in [-0.1, -0.05) is 30.3 Å². The molecule has 3 aliphatic heterocycles. The van der Waals surface area contributed by atoms with Gasteiger partial charge >= 0.3 is 0 Å². The third-order valence-corrected chi connectivity index (χ3v) is 4.29. The van der Waals surface area contributed by atoms with Gasteiger partial charge in [-0.25, -0.2) is 0 Å². The first kappa shape index (κ1) is 10.3. The molecule has 2 bridgehead atoms. The minimum Gasteiger partial charge on any atom is -0.323 e. The molecule has 0 aliphatic carbocycles. The van der Waals surface area contributed by atoms with Gasteiger partial charge in [0, 0.05) is 12.1 Å². The molecule has 2 atom stereocenters. The Hall–Kier alpha value is -0.860. The summed E-state index contributed by atoms with van der Waals surface area (Å²) in [6, 6.07) is 11.3. The van der Waals surface area contributed by atoms with Gasteiger partial charge in [0.25, 0.3) is 0 Å². The first-order valence-electron chi connectivity index (χ1n) is 6.39. The van der Waals surface area contributed by atoms with Crippen molar-refractivity contribution >= 4 is 0 Å². The van der Waals surface area contributed by atoms with Crippen LogP contribution in [0, 0.1) is 5.92 Å². The van der Waals surface area contributed by atoms with Gasteiger partial charge in [0.05, 0.1) is 0 Å². The number of hydrogen-bond donors (Lipinski definition) is 1. The highest BCUT2D eigenvalue weighted by Crippen LogP contribution is 2.36. The Morgan fingerprint density at radius 3 is 2.38 bits per heavy atom. The highest BCUT2D eigenvalue weighted by molar-refractivity contribution is 5.20. The maximum atomic E-state index is 6.41. The fourth-order valence-electron chi connectivity index (χ4n) is 3.28. The van der Waals surface area contributed by atoms with E-state index < -0.39 is 0 Å². The Labute approximate surface area is 97.4 Å². The molecule has 3 heterocycles. The van der Waals surface area contributed by atoms with E-state index in [0.717, 1.165) is 5.92 Å². The second kappa shape index (κ2) is 4.19. The van der Waals surface area contributed by atoms with Crippen molar-refractivity contribution < 1.29 is 0 Å². The molecule has 3 fully saturated rings. The summed E-state index contributed by atoms with van der Waals surface area (Å²) in [5.74, 6) is 0.935. The highest BCUT2D eigenvalue weighted by Gasteiger charge is 2.36. The summed E-state index contributed by atoms with van der Waals surface area (Å²) in [5.41, 5.74) is 7.71. The van der Waals surface area contributed by atoms with Crippen molar-refractivity contribution in [2.45, 2.75) is 31.3 Å². The van der Waals surface area contributed by atoms with Crippen molar-refractivity contribution in [3.63, 3.8) is 0 Å². The minimum atomic E-state index is 0.198. The average molecular weight is 216 g/mol. The largest absolute Gasteiger partial charge is 0.323 e. The zero-order valence-corrected chi connectivity index (χ0v) is 9.68. The first-order valence-corrected chi connectivity index (χ1v) is 6.39. The Bertz CT molecular complexity index is 341. The Morgan fingerprint density at radius 2 is 1.81 bits per heavy atom. The van der Waals surface area contributed by atoms with Crippen molar-refractivity contribution in [3.8, 4) is 0 Å². The first-order chi connectivity index (χ1) is 7.84. The third-order valence-electron chi connectivity index (χ3n) is 4.29. The second-order valence-electron chi connectivity index (χ2n) is 5.22. The van der Waals surface area contributed by atoms with Crippen LogP contribution in [0.15, 0.2) is 30.3 Å². The Morgan fingerprint density at radius 1 is 1.12 bits per heavy atom. The van der Waals surface area contributed by atoms with Crippen molar-refractivity contribution in [3.05, 3.63) is 35.9 Å². The van der Waals surface area contributed by atoms with E-state index >= 15 is 0 Å². The predicted octanol–water partition coefficient (Wildman–Crippen LogP) is 2.17. The van der Waals surface area contributed by atoms with E-state index in [4.69, 9.17) is 5.73 Å². The zero-order chi connectivity index (χ0) is 11.0. The lowest BCUT2D eigenvalue weighted by atomic mass is 9.79. The summed E-state index contributed by atoms with van der Waals surface area (Å²) in [5, 5.41) is 0. The molecule has 2 N–H and O–H groups in total. The van der Waals surface area contributed by atoms with Gasteiger partial charge in [-0.2, -0.15) is 0 Å². The van der Waals surface area contributed by atoms with Gasteiger partial charge < -0.3 is 5.73 Å². The Balaban J connectivity index is 1.78. The normalized spacial score (nSPS) is 34.9. The van der Waals surface area contributed by atoms with Gasteiger partial charge in [-0.05, 0) is 43.8 Å². The molecule has 86 valence electrons. The second-order valence-corrected chi connectivity index (χ2v) is 5.22. The van der Waals surface area contributed by atoms with Gasteiger partial charge in [-0.15, -0.1) is 0 Å². The van der Waals surface area contributed by atoms with E-state index in [0.29, 0.717) is 6.04 Å². The van der Waals surface area contributed by atoms with E-state index in [1.807, 2.05) is 0 Å². The number of fused-ring (bicyclic) bond motifs is 3. The summed E-state index contributed by atoms with van der Waals surface area (Å²) >= 11 is 0. The summed E-state index contributed by atoms with van der Waals surface area (Å²) in [6.07, 6.45) is 4.08. The molecule has 2 heteroatoms. The van der Waals surface area contributed by atoms with E-state index in [2.05, 4.69) is 35.2 Å². The van der Waals surface area contributed by atoms with Crippen LogP contribution in [-0.2, 0) is 0 Å². The summed E-state index contributed by atoms with van der Waals surface area (Å²) in [4.78, 5) is 2.59. The van der Waals surface area contributed by atoms with Crippen molar-refractivity contribution in [1.29, 1.82) is 0 Å². The van der Waals surface area contributed by atoms with E-state index in [1.54, 1.807) is 0 Å². The van der Waals surface area contributed by atoms with Crippen LogP contribution in [0.2, 0.25) is 0 Å². The van der Waals surface area contributed by atoms with Crippen LogP contribution in [0.25, 0.3) is 0 Å². The van der Waals surface area contributed by atoms with Crippen molar-refractivity contribution in [2.75, 3.05) is 13.1 Å². The maximum Gasteiger partial charge on any atom is 0.0453 e. The zero-order valence-electron chi connectivity index (χ0n) is 9.68. The summed E-state index contributed by atoms with van der Waals surface area (Å²) in [7, 11) is 0. The van der Waals surface area contributed by atoms with E-state index in [1.165, 1.54) is 37.9 Å². The molecule has 1 aromatic rings. The van der Waals surface area contributed by atoms with Crippen LogP contribution in [0.5, 0.6) is 0 Å². The van der Waals surface area contributed by atoms with Crippen LogP contribution in [0.1, 0.15) is 30.9 Å². The number of piperidine rings is 3. The standard InChI is InChI=1S/C14H20N2/c15-14(12-4-2-1-3-5-12)13-10-11-6-8-16(13)9-7-11/h1-5,11,13-14H,6-10,15H2. The topological polar surface area (TPSA) is 29.3 Å². The lowest BCUT2D eigenvalue weighted by molar-refractivity contribution is 0.0356. The lowest BCUT2D eigenvalue weighted by Gasteiger charge is -2.47. The summed E-state index contributed by atoms with van der Waals surface area (Å²) in [6.45, 7) is 2.52. The molecule has 2 unspecified atom stereocenters. The maximum absolute atomic E-state index is 6.41. The van der Waals surface area contributed by atoms with Crippen LogP contribution in [-0.4, -0.2) is 24.0 Å². The molecule has 2 nitrogen and oxygen atoms in total. The Kier molecular flexibility index (Phi) is 2.70. The van der Waals surface area contributed by atoms with E-state index in [9.17, 15) is 0 Å². The number of nitrogens with two attached hydrogens (primary N) is 1. The predicted molar refractivity (Wildman–Crippen MR) is 66.1 cm³/mol. The monoisotopic (exact) mass is 216 g/mol. The fourth-order valence-corrected chi connectivity index (χ4v) is 3.28. The molecule has 3 saturated heterocycles. The van der Waals surface area contributed by atoms with Gasteiger partial charge in [0.1, 0.15) is 0 Å². The molecule has 0 aromatic heterocycles. The average Bonchev–Trinajstić information content (AvgIpc) is 2.40. The fraction of sp³-hybridized carbons (Fsp3) is 0.571. The van der Waals surface area contributed by atoms with Crippen LogP contribution in [0.3, 0.4) is 0 Å². The van der Waals surface area contributed by atoms with Crippen LogP contribution in [0.4, 0.5) is 0 Å². The molecule has 3 aliphatic rings. The molecular weight excluding hydrogens is 196 g/mol. The quantitative estimate of drug-likeness (QED) is 0.821. The highest BCUT2D eigenvalue weighted by atomic mass is 15.2. The SMILES string of the molecule is NC(c1ccccc1)C1CC2CCN1CC2. The number of rotatable bonds is 2. The van der Waals surface area contributed by atoms with Gasteiger partial charge in [-0.3, -0.25) is 4.90 Å². The lowest BCUT2D eigenvalue weighted by Crippen LogP contribution is -2.52. The number of benzene rings is 1. The van der Waals surface area contributed by atoms with Crippen molar-refractivity contribution in [2.24, 2.45) is 11.7 Å². The molecular formula is C14H20N2. The van der Waals surface area contributed by atoms with Crippen LogP contribution >= 0.6 is 0 Å². The molecule has 0 saturated carbocycles. The third kappa shape index (κ3) is 1.76. The molecule has 0 radical (unpaired) electrons. The molecule has 0 spiro atoms.